The Labute approximate surface area is 173 Å². The Balaban J connectivity index is 1.68. The number of halogens is 1. The molecule has 156 valence electrons. The van der Waals surface area contributed by atoms with Gasteiger partial charge in [-0.05, 0) is 49.5 Å². The maximum atomic E-state index is 12.1. The topological polar surface area (TPSA) is 92.8 Å². The van der Waals surface area contributed by atoms with Crippen LogP contribution in [0.1, 0.15) is 43.6 Å². The molecule has 1 aliphatic carbocycles. The molecule has 1 saturated carbocycles. The van der Waals surface area contributed by atoms with E-state index in [0.717, 1.165) is 36.8 Å². The second kappa shape index (κ2) is 9.65. The summed E-state index contributed by atoms with van der Waals surface area (Å²) in [5.74, 6) is -0.281. The Morgan fingerprint density at radius 2 is 2.00 bits per heavy atom. The normalized spacial score (nSPS) is 14.9. The minimum absolute atomic E-state index is 0.0475. The monoisotopic (exact) mass is 422 g/mol. The fourth-order valence-corrected chi connectivity index (χ4v) is 3.51. The zero-order valence-electron chi connectivity index (χ0n) is 16.4. The molecule has 1 heterocycles. The van der Waals surface area contributed by atoms with E-state index in [1.807, 2.05) is 0 Å². The molecule has 0 spiro atoms. The quantitative estimate of drug-likeness (QED) is 0.630. The van der Waals surface area contributed by atoms with Gasteiger partial charge in [-0.25, -0.2) is 4.79 Å². The number of carbonyl (C=O) groups is 1. The highest BCUT2D eigenvalue weighted by Crippen LogP contribution is 2.37. The van der Waals surface area contributed by atoms with Gasteiger partial charge in [-0.2, -0.15) is 4.68 Å². The highest BCUT2D eigenvalue weighted by molar-refractivity contribution is 6.33. The van der Waals surface area contributed by atoms with Crippen molar-refractivity contribution in [2.75, 3.05) is 14.2 Å². The zero-order chi connectivity index (χ0) is 20.8. The molecule has 1 aliphatic rings. The molecule has 0 saturated heterocycles. The third-order valence-electron chi connectivity index (χ3n) is 4.67. The van der Waals surface area contributed by atoms with Crippen LogP contribution < -0.4 is 15.2 Å². The van der Waals surface area contributed by atoms with Crippen molar-refractivity contribution in [2.45, 2.75) is 44.8 Å². The van der Waals surface area contributed by atoms with E-state index in [2.05, 4.69) is 5.10 Å². The molecular formula is C20H23ClN2O6. The van der Waals surface area contributed by atoms with Crippen molar-refractivity contribution in [1.29, 1.82) is 0 Å². The number of nitrogens with zero attached hydrogens (tertiary/aromatic N) is 2. The standard InChI is InChI=1S/C20H23ClN2O6/c1-26-15-10-8-13(18(21)19(15)27-2)9-11-16-22-23(20(25)29-16)12-17(24)28-14-6-4-3-5-7-14/h8-11,14H,3-7,12H2,1-2H3. The van der Waals surface area contributed by atoms with Gasteiger partial charge in [0.15, 0.2) is 11.5 Å². The number of benzene rings is 1. The summed E-state index contributed by atoms with van der Waals surface area (Å²) in [7, 11) is 3.01. The number of aromatic nitrogens is 2. The van der Waals surface area contributed by atoms with Gasteiger partial charge in [-0.15, -0.1) is 5.10 Å². The number of ether oxygens (including phenoxy) is 3. The zero-order valence-corrected chi connectivity index (χ0v) is 17.1. The van der Waals surface area contributed by atoms with Crippen LogP contribution in [0.3, 0.4) is 0 Å². The lowest BCUT2D eigenvalue weighted by molar-refractivity contribution is -0.151. The van der Waals surface area contributed by atoms with Crippen LogP contribution in [0.15, 0.2) is 21.3 Å². The average Bonchev–Trinajstić information content (AvgIpc) is 3.06. The predicted octanol–water partition coefficient (Wildman–Crippen LogP) is 3.55. The van der Waals surface area contributed by atoms with Crippen LogP contribution in [0.2, 0.25) is 5.02 Å². The molecule has 9 heteroatoms. The van der Waals surface area contributed by atoms with Gasteiger partial charge in [0.1, 0.15) is 12.6 Å². The summed E-state index contributed by atoms with van der Waals surface area (Å²) < 4.78 is 21.9. The first-order valence-electron chi connectivity index (χ1n) is 9.37. The van der Waals surface area contributed by atoms with Crippen molar-refractivity contribution in [3.8, 4) is 11.5 Å². The summed E-state index contributed by atoms with van der Waals surface area (Å²) in [5.41, 5.74) is 0.623. The van der Waals surface area contributed by atoms with Gasteiger partial charge in [-0.3, -0.25) is 4.79 Å². The van der Waals surface area contributed by atoms with Gasteiger partial charge in [0.25, 0.3) is 0 Å². The molecule has 0 atom stereocenters. The molecule has 8 nitrogen and oxygen atoms in total. The second-order valence-corrected chi connectivity index (χ2v) is 7.03. The first-order chi connectivity index (χ1) is 14.0. The smallest absolute Gasteiger partial charge is 0.437 e. The Hall–Kier alpha value is -2.74. The van der Waals surface area contributed by atoms with E-state index in [9.17, 15) is 9.59 Å². The van der Waals surface area contributed by atoms with Crippen molar-refractivity contribution in [3.05, 3.63) is 39.2 Å². The Morgan fingerprint density at radius 3 is 2.69 bits per heavy atom. The van der Waals surface area contributed by atoms with Crippen LogP contribution in [-0.4, -0.2) is 36.1 Å². The summed E-state index contributed by atoms with van der Waals surface area (Å²) in [5, 5.41) is 4.36. The van der Waals surface area contributed by atoms with Crippen LogP contribution in [0.4, 0.5) is 0 Å². The number of rotatable bonds is 7. The molecule has 0 aliphatic heterocycles. The van der Waals surface area contributed by atoms with E-state index in [1.54, 1.807) is 18.2 Å². The molecule has 1 aromatic heterocycles. The average molecular weight is 423 g/mol. The fourth-order valence-electron chi connectivity index (χ4n) is 3.21. The molecule has 1 fully saturated rings. The molecule has 0 bridgehead atoms. The maximum Gasteiger partial charge on any atom is 0.437 e. The van der Waals surface area contributed by atoms with Crippen molar-refractivity contribution in [1.82, 2.24) is 9.78 Å². The van der Waals surface area contributed by atoms with Crippen LogP contribution in [0.5, 0.6) is 11.5 Å². The number of methoxy groups -OCH3 is 2. The summed E-state index contributed by atoms with van der Waals surface area (Å²) >= 11 is 6.32. The van der Waals surface area contributed by atoms with Crippen molar-refractivity contribution >= 4 is 29.7 Å². The van der Waals surface area contributed by atoms with E-state index >= 15 is 0 Å². The third kappa shape index (κ3) is 5.20. The van der Waals surface area contributed by atoms with Crippen molar-refractivity contribution < 1.29 is 23.4 Å². The Bertz CT molecular complexity index is 943. The third-order valence-corrected chi connectivity index (χ3v) is 5.06. The summed E-state index contributed by atoms with van der Waals surface area (Å²) in [6, 6.07) is 3.44. The second-order valence-electron chi connectivity index (χ2n) is 6.65. The van der Waals surface area contributed by atoms with Gasteiger partial charge in [-0.1, -0.05) is 18.0 Å². The van der Waals surface area contributed by atoms with Crippen LogP contribution in [0, 0.1) is 0 Å². The molecule has 0 radical (unpaired) electrons. The molecule has 2 aromatic rings. The summed E-state index contributed by atoms with van der Waals surface area (Å²) in [6.45, 7) is -0.288. The van der Waals surface area contributed by atoms with E-state index < -0.39 is 11.7 Å². The van der Waals surface area contributed by atoms with E-state index in [-0.39, 0.29) is 18.5 Å². The van der Waals surface area contributed by atoms with Crippen molar-refractivity contribution in [3.63, 3.8) is 0 Å². The number of hydrogen-bond donors (Lipinski definition) is 0. The lowest BCUT2D eigenvalue weighted by Crippen LogP contribution is -2.27. The molecular weight excluding hydrogens is 400 g/mol. The lowest BCUT2D eigenvalue weighted by Gasteiger charge is -2.21. The van der Waals surface area contributed by atoms with Crippen LogP contribution in [-0.2, 0) is 16.1 Å². The van der Waals surface area contributed by atoms with Crippen LogP contribution >= 0.6 is 11.6 Å². The van der Waals surface area contributed by atoms with Crippen molar-refractivity contribution in [2.24, 2.45) is 0 Å². The van der Waals surface area contributed by atoms with E-state index in [0.29, 0.717) is 22.1 Å². The van der Waals surface area contributed by atoms with Crippen LogP contribution in [0.25, 0.3) is 12.2 Å². The molecule has 0 N–H and O–H groups in total. The first-order valence-corrected chi connectivity index (χ1v) is 9.75. The number of hydrogen-bond acceptors (Lipinski definition) is 7. The Morgan fingerprint density at radius 1 is 1.24 bits per heavy atom. The van der Waals surface area contributed by atoms with Gasteiger partial charge in [0, 0.05) is 6.08 Å². The van der Waals surface area contributed by atoms with E-state index in [4.69, 9.17) is 30.2 Å². The molecule has 1 aromatic carbocycles. The molecule has 0 unspecified atom stereocenters. The highest BCUT2D eigenvalue weighted by Gasteiger charge is 2.19. The molecule has 0 amide bonds. The summed E-state index contributed by atoms with van der Waals surface area (Å²) in [6.07, 6.45) is 8.02. The molecule has 29 heavy (non-hydrogen) atoms. The Kier molecular flexibility index (Phi) is 6.98. The number of esters is 1. The SMILES string of the molecule is COc1ccc(C=Cc2nn(CC(=O)OC3CCCCC3)c(=O)o2)c(Cl)c1OC. The summed E-state index contributed by atoms with van der Waals surface area (Å²) in [4.78, 5) is 24.0. The number of carbonyl (C=O) groups excluding carboxylic acids is 1. The molecule has 3 rings (SSSR count). The largest absolute Gasteiger partial charge is 0.493 e. The minimum Gasteiger partial charge on any atom is -0.493 e. The fraction of sp³-hybridized carbons (Fsp3) is 0.450. The predicted molar refractivity (Wildman–Crippen MR) is 107 cm³/mol. The van der Waals surface area contributed by atoms with E-state index in [1.165, 1.54) is 20.3 Å². The maximum absolute atomic E-state index is 12.1. The van der Waals surface area contributed by atoms with Gasteiger partial charge < -0.3 is 18.6 Å². The van der Waals surface area contributed by atoms with Gasteiger partial charge in [0.05, 0.1) is 19.2 Å². The lowest BCUT2D eigenvalue weighted by atomic mass is 9.98. The highest BCUT2D eigenvalue weighted by atomic mass is 35.5. The minimum atomic E-state index is -0.733. The van der Waals surface area contributed by atoms with Gasteiger partial charge >= 0.3 is 11.7 Å². The first kappa shape index (κ1) is 21.0. The van der Waals surface area contributed by atoms with Gasteiger partial charge in [0.2, 0.25) is 5.89 Å².